The first-order valence-electron chi connectivity index (χ1n) is 9.05. The van der Waals surface area contributed by atoms with Gasteiger partial charge in [0.05, 0.1) is 0 Å². The van der Waals surface area contributed by atoms with Crippen molar-refractivity contribution in [3.63, 3.8) is 0 Å². The molecule has 126 valence electrons. The third-order valence-electron chi connectivity index (χ3n) is 5.01. The van der Waals surface area contributed by atoms with Crippen molar-refractivity contribution in [2.45, 2.75) is 26.0 Å². The van der Waals surface area contributed by atoms with E-state index in [4.69, 9.17) is 4.65 Å². The van der Waals surface area contributed by atoms with Crippen molar-refractivity contribution < 1.29 is 9.13 Å². The summed E-state index contributed by atoms with van der Waals surface area (Å²) in [7, 11) is 0. The number of hydrogen-bond donors (Lipinski definition) is 1. The van der Waals surface area contributed by atoms with E-state index < -0.39 is 6.48 Å². The molecule has 1 aromatic heterocycles. The van der Waals surface area contributed by atoms with Crippen LogP contribution in [0.2, 0.25) is 0 Å². The molecule has 0 aliphatic carbocycles. The summed E-state index contributed by atoms with van der Waals surface area (Å²) in [4.78, 5) is 0. The minimum Gasteiger partial charge on any atom is -0.510 e. The van der Waals surface area contributed by atoms with Gasteiger partial charge in [-0.3, -0.25) is 5.32 Å². The lowest BCUT2D eigenvalue weighted by atomic mass is 9.41. The van der Waals surface area contributed by atoms with Crippen LogP contribution < -0.4 is 20.7 Å². The van der Waals surface area contributed by atoms with Crippen LogP contribution >= 0.6 is 0 Å². The quantitative estimate of drug-likeness (QED) is 0.744. The van der Waals surface area contributed by atoms with Gasteiger partial charge in [-0.1, -0.05) is 73.7 Å². The molecule has 0 fully saturated rings. The number of aromatic nitrogens is 1. The highest BCUT2D eigenvalue weighted by Crippen LogP contribution is 2.20. The van der Waals surface area contributed by atoms with Gasteiger partial charge in [0.25, 0.3) is 0 Å². The Bertz CT molecular complexity index is 799. The van der Waals surface area contributed by atoms with Crippen LogP contribution in [0.25, 0.3) is 0 Å². The summed E-state index contributed by atoms with van der Waals surface area (Å²) in [5, 5.41) is 3.55. The molecule has 4 rings (SSSR count). The van der Waals surface area contributed by atoms with Gasteiger partial charge in [0.2, 0.25) is 5.82 Å². The van der Waals surface area contributed by atoms with Crippen LogP contribution in [0, 0.1) is 0 Å². The fourth-order valence-corrected chi connectivity index (χ4v) is 3.90. The molecule has 4 heteroatoms. The Hall–Kier alpha value is -2.59. The summed E-state index contributed by atoms with van der Waals surface area (Å²) >= 11 is 0. The average Bonchev–Trinajstić information content (AvgIpc) is 2.69. The summed E-state index contributed by atoms with van der Waals surface area (Å²) in [5.74, 6) is 1.10. The molecule has 3 nitrogen and oxygen atoms in total. The molecule has 25 heavy (non-hydrogen) atoms. The Labute approximate surface area is 149 Å². The van der Waals surface area contributed by atoms with Crippen LogP contribution in [0.3, 0.4) is 0 Å². The lowest BCUT2D eigenvalue weighted by Gasteiger charge is -2.46. The zero-order valence-electron chi connectivity index (χ0n) is 14.5. The summed E-state index contributed by atoms with van der Waals surface area (Å²) in [6, 6.07) is 27.4. The van der Waals surface area contributed by atoms with Crippen LogP contribution in [-0.4, -0.2) is 12.7 Å². The van der Waals surface area contributed by atoms with Crippen molar-refractivity contribution in [2.75, 3.05) is 5.32 Å². The second-order valence-electron chi connectivity index (χ2n) is 6.62. The van der Waals surface area contributed by atoms with Crippen LogP contribution in [0.15, 0.2) is 85.1 Å². The minimum absolute atomic E-state index is 0.00666. The molecule has 0 spiro atoms. The Morgan fingerprint density at radius 3 is 2.08 bits per heavy atom. The van der Waals surface area contributed by atoms with Crippen molar-refractivity contribution in [2.24, 2.45) is 0 Å². The maximum atomic E-state index is 6.83. The molecule has 1 aliphatic heterocycles. The number of benzene rings is 2. The average molecular weight is 330 g/mol. The SMILES string of the molecule is CCC[C@@H]1Nc2cccc[n+]2[B-](c2ccccc2)(c2ccccc2)O1. The third-order valence-corrected chi connectivity index (χ3v) is 5.01. The van der Waals surface area contributed by atoms with Gasteiger partial charge in [-0.2, -0.15) is 0 Å². The van der Waals surface area contributed by atoms with Gasteiger partial charge in [0.15, 0.2) is 6.23 Å². The number of fused-ring (bicyclic) bond motifs is 1. The maximum absolute atomic E-state index is 6.83. The molecule has 3 aromatic rings. The highest BCUT2D eigenvalue weighted by atomic mass is 16.5. The summed E-state index contributed by atoms with van der Waals surface area (Å²) in [6.45, 7) is 0.650. The molecule has 0 amide bonds. The number of nitrogens with zero attached hydrogens (tertiary/aromatic N) is 1. The standard InChI is InChI=1S/C21H23BN2O/c1-2-11-21-23-20-16-9-10-17-24(20)22(25-21,18-12-5-3-6-13-18)19-14-7-4-8-15-19/h3-10,12-17,21,23H,2,11H2,1H3/t21-/m1/s1. The van der Waals surface area contributed by atoms with Crippen molar-refractivity contribution in [3.8, 4) is 0 Å². The van der Waals surface area contributed by atoms with Crippen LogP contribution in [-0.2, 0) is 4.65 Å². The summed E-state index contributed by atoms with van der Waals surface area (Å²) in [5.41, 5.74) is 2.38. The normalized spacial score (nSPS) is 18.2. The van der Waals surface area contributed by atoms with E-state index in [0.29, 0.717) is 0 Å². The topological polar surface area (TPSA) is 25.1 Å². The molecule has 0 bridgehead atoms. The van der Waals surface area contributed by atoms with Gasteiger partial charge >= 0.3 is 6.48 Å². The van der Waals surface area contributed by atoms with Gasteiger partial charge < -0.3 is 9.13 Å². The first kappa shape index (κ1) is 15.9. The van der Waals surface area contributed by atoms with Crippen LogP contribution in [0.1, 0.15) is 19.8 Å². The minimum atomic E-state index is -1.54. The van der Waals surface area contributed by atoms with Crippen molar-refractivity contribution in [1.29, 1.82) is 0 Å². The number of hydrogen-bond acceptors (Lipinski definition) is 2. The second kappa shape index (κ2) is 6.73. The molecule has 0 saturated heterocycles. The van der Waals surface area contributed by atoms with Crippen LogP contribution in [0.4, 0.5) is 5.82 Å². The van der Waals surface area contributed by atoms with Crippen molar-refractivity contribution >= 4 is 23.2 Å². The smallest absolute Gasteiger partial charge is 0.374 e. The van der Waals surface area contributed by atoms with E-state index in [1.807, 2.05) is 0 Å². The van der Waals surface area contributed by atoms with E-state index in [0.717, 1.165) is 18.7 Å². The molecule has 0 unspecified atom stereocenters. The number of anilines is 1. The number of nitrogens with one attached hydrogen (secondary N) is 1. The highest BCUT2D eigenvalue weighted by Gasteiger charge is 2.44. The Morgan fingerprint density at radius 2 is 1.48 bits per heavy atom. The Balaban J connectivity index is 1.99. The first-order chi connectivity index (χ1) is 12.3. The van der Waals surface area contributed by atoms with E-state index in [9.17, 15) is 0 Å². The van der Waals surface area contributed by atoms with Crippen molar-refractivity contribution in [3.05, 3.63) is 85.1 Å². The zero-order chi connectivity index (χ0) is 17.1. The molecule has 1 atom stereocenters. The molecule has 0 saturated carbocycles. The third kappa shape index (κ3) is 2.73. The van der Waals surface area contributed by atoms with Crippen molar-refractivity contribution in [1.82, 2.24) is 0 Å². The highest BCUT2D eigenvalue weighted by molar-refractivity contribution is 6.91. The van der Waals surface area contributed by atoms with Gasteiger partial charge in [-0.15, -0.1) is 10.9 Å². The van der Waals surface area contributed by atoms with E-state index in [2.05, 4.69) is 102 Å². The second-order valence-corrected chi connectivity index (χ2v) is 6.62. The molecular weight excluding hydrogens is 307 g/mol. The predicted molar refractivity (Wildman–Crippen MR) is 103 cm³/mol. The molecule has 1 aliphatic rings. The van der Waals surface area contributed by atoms with E-state index >= 15 is 0 Å². The van der Waals surface area contributed by atoms with Gasteiger partial charge in [-0.05, 0) is 12.5 Å². The molecule has 2 aromatic carbocycles. The molecule has 1 N–H and O–H groups in total. The molecule has 2 heterocycles. The zero-order valence-corrected chi connectivity index (χ0v) is 14.5. The maximum Gasteiger partial charge on any atom is 0.374 e. The largest absolute Gasteiger partial charge is 0.510 e. The fourth-order valence-electron chi connectivity index (χ4n) is 3.90. The lowest BCUT2D eigenvalue weighted by molar-refractivity contribution is -0.547. The Kier molecular flexibility index (Phi) is 4.28. The summed E-state index contributed by atoms with van der Waals surface area (Å²) in [6.07, 6.45) is 4.15. The number of pyridine rings is 1. The molecular formula is C21H23BN2O. The monoisotopic (exact) mass is 330 g/mol. The number of rotatable bonds is 4. The fraction of sp³-hybridized carbons (Fsp3) is 0.190. The lowest BCUT2D eigenvalue weighted by Crippen LogP contribution is -2.83. The van der Waals surface area contributed by atoms with E-state index in [1.54, 1.807) is 0 Å². The van der Waals surface area contributed by atoms with Gasteiger partial charge in [0.1, 0.15) is 0 Å². The van der Waals surface area contributed by atoms with E-state index in [-0.39, 0.29) is 6.23 Å². The summed E-state index contributed by atoms with van der Waals surface area (Å²) < 4.78 is 9.09. The first-order valence-corrected chi connectivity index (χ1v) is 9.05. The molecule has 0 radical (unpaired) electrons. The van der Waals surface area contributed by atoms with Gasteiger partial charge in [0, 0.05) is 18.7 Å². The van der Waals surface area contributed by atoms with E-state index in [1.165, 1.54) is 10.9 Å². The van der Waals surface area contributed by atoms with Crippen LogP contribution in [0.5, 0.6) is 0 Å². The van der Waals surface area contributed by atoms with Gasteiger partial charge in [-0.25, -0.2) is 0 Å². The Morgan fingerprint density at radius 1 is 0.880 bits per heavy atom. The predicted octanol–water partition coefficient (Wildman–Crippen LogP) is 2.65.